The van der Waals surface area contributed by atoms with E-state index in [0.717, 1.165) is 16.5 Å². The van der Waals surface area contributed by atoms with Crippen molar-refractivity contribution in [3.05, 3.63) is 41.6 Å². The van der Waals surface area contributed by atoms with Crippen LogP contribution >= 0.6 is 0 Å². The number of benzene rings is 1. The summed E-state index contributed by atoms with van der Waals surface area (Å²) in [7, 11) is 0. The summed E-state index contributed by atoms with van der Waals surface area (Å²) in [6.45, 7) is 2.00. The predicted molar refractivity (Wildman–Crippen MR) is 55.0 cm³/mol. The van der Waals surface area contributed by atoms with Crippen molar-refractivity contribution in [1.29, 1.82) is 0 Å². The van der Waals surface area contributed by atoms with Crippen molar-refractivity contribution in [2.24, 2.45) is 5.73 Å². The molecule has 1 aromatic heterocycles. The number of hydrogen-bond donors (Lipinski definition) is 1. The summed E-state index contributed by atoms with van der Waals surface area (Å²) < 4.78 is 0. The Kier molecular flexibility index (Phi) is 1.93. The highest BCUT2D eigenvalue weighted by Gasteiger charge is 2.02. The molecule has 70 valence electrons. The number of rotatable bonds is 1. The summed E-state index contributed by atoms with van der Waals surface area (Å²) in [4.78, 5) is 15.1. The average Bonchev–Trinajstić information content (AvgIpc) is 2.16. The van der Waals surface area contributed by atoms with Gasteiger partial charge < -0.3 is 5.73 Å². The zero-order valence-electron chi connectivity index (χ0n) is 7.82. The van der Waals surface area contributed by atoms with Crippen LogP contribution in [-0.4, -0.2) is 10.9 Å². The van der Waals surface area contributed by atoms with Gasteiger partial charge in [0, 0.05) is 11.6 Å². The van der Waals surface area contributed by atoms with Crippen molar-refractivity contribution in [2.45, 2.75) is 6.92 Å². The highest BCUT2D eigenvalue weighted by Crippen LogP contribution is 2.14. The van der Waals surface area contributed by atoms with E-state index in [1.807, 2.05) is 25.1 Å². The first-order valence-corrected chi connectivity index (χ1v) is 4.33. The van der Waals surface area contributed by atoms with E-state index in [4.69, 9.17) is 5.73 Å². The minimum atomic E-state index is -0.444. The van der Waals surface area contributed by atoms with Crippen LogP contribution in [0, 0.1) is 6.92 Å². The number of primary amides is 1. The van der Waals surface area contributed by atoms with Crippen molar-refractivity contribution in [1.82, 2.24) is 4.98 Å². The Morgan fingerprint density at radius 3 is 2.86 bits per heavy atom. The van der Waals surface area contributed by atoms with Crippen LogP contribution in [0.1, 0.15) is 15.9 Å². The third kappa shape index (κ3) is 1.44. The molecule has 2 N–H and O–H groups in total. The molecular formula is C11H10N2O. The van der Waals surface area contributed by atoms with Crippen molar-refractivity contribution in [2.75, 3.05) is 0 Å². The minimum absolute atomic E-state index is 0.444. The van der Waals surface area contributed by atoms with Gasteiger partial charge in [0.2, 0.25) is 5.91 Å². The van der Waals surface area contributed by atoms with Gasteiger partial charge in [-0.15, -0.1) is 0 Å². The maximum Gasteiger partial charge on any atom is 0.250 e. The van der Waals surface area contributed by atoms with Crippen LogP contribution in [0.5, 0.6) is 0 Å². The van der Waals surface area contributed by atoms with E-state index in [-0.39, 0.29) is 0 Å². The number of nitrogens with two attached hydrogens (primary N) is 1. The molecule has 3 nitrogen and oxygen atoms in total. The van der Waals surface area contributed by atoms with E-state index in [0.29, 0.717) is 5.56 Å². The number of aromatic nitrogens is 1. The zero-order chi connectivity index (χ0) is 10.1. The summed E-state index contributed by atoms with van der Waals surface area (Å²) >= 11 is 0. The van der Waals surface area contributed by atoms with Gasteiger partial charge in [-0.25, -0.2) is 0 Å². The Balaban J connectivity index is 2.67. The average molecular weight is 186 g/mol. The second kappa shape index (κ2) is 3.10. The fourth-order valence-electron chi connectivity index (χ4n) is 1.37. The summed E-state index contributed by atoms with van der Waals surface area (Å²) in [5.74, 6) is -0.444. The van der Waals surface area contributed by atoms with Gasteiger partial charge in [-0.1, -0.05) is 12.1 Å². The number of amides is 1. The molecule has 0 aliphatic heterocycles. The third-order valence-corrected chi connectivity index (χ3v) is 2.12. The highest BCUT2D eigenvalue weighted by molar-refractivity contribution is 5.96. The molecule has 0 saturated heterocycles. The summed E-state index contributed by atoms with van der Waals surface area (Å²) in [5, 5.41) is 0.937. The molecule has 0 bridgehead atoms. The van der Waals surface area contributed by atoms with Crippen molar-refractivity contribution in [3.63, 3.8) is 0 Å². The van der Waals surface area contributed by atoms with E-state index in [1.165, 1.54) is 6.20 Å². The number of carbonyl (C=O) groups excluding carboxylic acids is 1. The molecule has 2 rings (SSSR count). The summed E-state index contributed by atoms with van der Waals surface area (Å²) in [5.41, 5.74) is 7.64. The monoisotopic (exact) mass is 186 g/mol. The van der Waals surface area contributed by atoms with Crippen molar-refractivity contribution >= 4 is 16.8 Å². The smallest absolute Gasteiger partial charge is 0.250 e. The van der Waals surface area contributed by atoms with Gasteiger partial charge >= 0.3 is 0 Å². The Hall–Kier alpha value is -1.90. The largest absolute Gasteiger partial charge is 0.366 e. The number of nitrogens with zero attached hydrogens (tertiary/aromatic N) is 1. The first-order valence-electron chi connectivity index (χ1n) is 4.33. The molecule has 1 heterocycles. The quantitative estimate of drug-likeness (QED) is 0.736. The van der Waals surface area contributed by atoms with Gasteiger partial charge in [0.05, 0.1) is 11.1 Å². The van der Waals surface area contributed by atoms with E-state index in [9.17, 15) is 4.79 Å². The van der Waals surface area contributed by atoms with Gasteiger partial charge in [0.15, 0.2) is 0 Å². The second-order valence-electron chi connectivity index (χ2n) is 3.28. The van der Waals surface area contributed by atoms with Gasteiger partial charge in [-0.05, 0) is 24.6 Å². The zero-order valence-corrected chi connectivity index (χ0v) is 7.82. The predicted octanol–water partition coefficient (Wildman–Crippen LogP) is 1.64. The Labute approximate surface area is 81.6 Å². The van der Waals surface area contributed by atoms with E-state index < -0.39 is 5.91 Å². The number of aryl methyl sites for hydroxylation is 1. The fraction of sp³-hybridized carbons (Fsp3) is 0.0909. The lowest BCUT2D eigenvalue weighted by Crippen LogP contribution is -2.10. The van der Waals surface area contributed by atoms with E-state index >= 15 is 0 Å². The standard InChI is InChI=1S/C11H10N2O/c1-7-2-3-8-5-9(11(12)14)6-13-10(8)4-7/h2-6H,1H3,(H2,12,14). The maximum atomic E-state index is 10.9. The molecule has 2 aromatic rings. The normalized spacial score (nSPS) is 10.4. The lowest BCUT2D eigenvalue weighted by molar-refractivity contribution is 0.1000. The first kappa shape index (κ1) is 8.69. The molecule has 0 atom stereocenters. The molecule has 0 radical (unpaired) electrons. The maximum absolute atomic E-state index is 10.9. The number of pyridine rings is 1. The van der Waals surface area contributed by atoms with Crippen molar-refractivity contribution in [3.8, 4) is 0 Å². The Morgan fingerprint density at radius 2 is 2.14 bits per heavy atom. The van der Waals surface area contributed by atoms with Crippen LogP contribution < -0.4 is 5.73 Å². The van der Waals surface area contributed by atoms with Crippen LogP contribution in [0.3, 0.4) is 0 Å². The van der Waals surface area contributed by atoms with Crippen LogP contribution in [-0.2, 0) is 0 Å². The van der Waals surface area contributed by atoms with Crippen LogP contribution in [0.15, 0.2) is 30.5 Å². The summed E-state index contributed by atoms with van der Waals surface area (Å²) in [6, 6.07) is 7.64. The Bertz CT molecular complexity index is 506. The lowest BCUT2D eigenvalue weighted by Gasteiger charge is -2.00. The third-order valence-electron chi connectivity index (χ3n) is 2.12. The molecule has 0 aliphatic carbocycles. The van der Waals surface area contributed by atoms with Crippen LogP contribution in [0.4, 0.5) is 0 Å². The minimum Gasteiger partial charge on any atom is -0.366 e. The topological polar surface area (TPSA) is 56.0 Å². The molecular weight excluding hydrogens is 176 g/mol. The van der Waals surface area contributed by atoms with Crippen molar-refractivity contribution < 1.29 is 4.79 Å². The van der Waals surface area contributed by atoms with Crippen LogP contribution in [0.25, 0.3) is 10.9 Å². The molecule has 0 unspecified atom stereocenters. The van der Waals surface area contributed by atoms with Gasteiger partial charge in [0.1, 0.15) is 0 Å². The van der Waals surface area contributed by atoms with Crippen LogP contribution in [0.2, 0.25) is 0 Å². The number of hydrogen-bond acceptors (Lipinski definition) is 2. The molecule has 1 amide bonds. The Morgan fingerprint density at radius 1 is 1.36 bits per heavy atom. The molecule has 14 heavy (non-hydrogen) atoms. The van der Waals surface area contributed by atoms with Gasteiger partial charge in [-0.3, -0.25) is 9.78 Å². The fourth-order valence-corrected chi connectivity index (χ4v) is 1.37. The highest BCUT2D eigenvalue weighted by atomic mass is 16.1. The number of carbonyl (C=O) groups is 1. The van der Waals surface area contributed by atoms with E-state index in [2.05, 4.69) is 4.98 Å². The molecule has 0 spiro atoms. The molecule has 0 fully saturated rings. The SMILES string of the molecule is Cc1ccc2cc(C(N)=O)cnc2c1. The summed E-state index contributed by atoms with van der Waals surface area (Å²) in [6.07, 6.45) is 1.50. The second-order valence-corrected chi connectivity index (χ2v) is 3.28. The first-order chi connectivity index (χ1) is 6.66. The molecule has 3 heteroatoms. The van der Waals surface area contributed by atoms with Gasteiger partial charge in [0.25, 0.3) is 0 Å². The molecule has 0 aliphatic rings. The molecule has 0 saturated carbocycles. The molecule has 1 aromatic carbocycles. The van der Waals surface area contributed by atoms with Gasteiger partial charge in [-0.2, -0.15) is 0 Å². The lowest BCUT2D eigenvalue weighted by atomic mass is 10.1. The number of fused-ring (bicyclic) bond motifs is 1. The van der Waals surface area contributed by atoms with E-state index in [1.54, 1.807) is 6.07 Å².